The number of nitrogens with two attached hydrogens (primary N) is 1. The lowest BCUT2D eigenvalue weighted by molar-refractivity contribution is -0.129. The van der Waals surface area contributed by atoms with Gasteiger partial charge in [0.25, 0.3) is 0 Å². The van der Waals surface area contributed by atoms with Crippen LogP contribution < -0.4 is 15.8 Å². The topological polar surface area (TPSA) is 64.3 Å². The Balaban J connectivity index is 2.92. The van der Waals surface area contributed by atoms with Crippen LogP contribution in [0.1, 0.15) is 32.4 Å². The summed E-state index contributed by atoms with van der Waals surface area (Å²) in [5.41, 5.74) is 5.50. The number of hydrogen-bond donors (Lipinski definition) is 2. The van der Waals surface area contributed by atoms with E-state index in [-0.39, 0.29) is 24.3 Å². The third-order valence-electron chi connectivity index (χ3n) is 3.13. The zero-order valence-corrected chi connectivity index (χ0v) is 11.8. The van der Waals surface area contributed by atoms with Crippen molar-refractivity contribution in [1.82, 2.24) is 5.32 Å². The van der Waals surface area contributed by atoms with Crippen LogP contribution in [0.3, 0.4) is 0 Å². The SMILES string of the molecule is COc1ccc(F)cc1C(C)NC(=O)C(C)(C)CN. The molecular formula is C14H21FN2O2. The van der Waals surface area contributed by atoms with E-state index in [0.29, 0.717) is 11.3 Å². The van der Waals surface area contributed by atoms with Crippen molar-refractivity contribution in [3.8, 4) is 5.75 Å². The highest BCUT2D eigenvalue weighted by molar-refractivity contribution is 5.82. The summed E-state index contributed by atoms with van der Waals surface area (Å²) < 4.78 is 18.5. The minimum atomic E-state index is -0.658. The van der Waals surface area contributed by atoms with E-state index in [4.69, 9.17) is 10.5 Å². The predicted octanol–water partition coefficient (Wildman–Crippen LogP) is 2.00. The first kappa shape index (κ1) is 15.4. The van der Waals surface area contributed by atoms with Gasteiger partial charge in [0.1, 0.15) is 11.6 Å². The molecule has 3 N–H and O–H groups in total. The maximum Gasteiger partial charge on any atom is 0.227 e. The quantitative estimate of drug-likeness (QED) is 0.858. The number of ether oxygens (including phenoxy) is 1. The molecule has 1 unspecified atom stereocenters. The monoisotopic (exact) mass is 268 g/mol. The van der Waals surface area contributed by atoms with Crippen LogP contribution >= 0.6 is 0 Å². The molecule has 0 radical (unpaired) electrons. The first-order valence-corrected chi connectivity index (χ1v) is 6.16. The molecule has 1 aromatic rings. The summed E-state index contributed by atoms with van der Waals surface area (Å²) in [5.74, 6) is 0.00329. The highest BCUT2D eigenvalue weighted by atomic mass is 19.1. The highest BCUT2D eigenvalue weighted by Gasteiger charge is 2.27. The lowest BCUT2D eigenvalue weighted by atomic mass is 9.92. The molecular weight excluding hydrogens is 247 g/mol. The van der Waals surface area contributed by atoms with Gasteiger partial charge in [0.2, 0.25) is 5.91 Å². The number of benzene rings is 1. The molecule has 0 aromatic heterocycles. The summed E-state index contributed by atoms with van der Waals surface area (Å²) >= 11 is 0. The van der Waals surface area contributed by atoms with Crippen molar-refractivity contribution in [3.05, 3.63) is 29.6 Å². The summed E-state index contributed by atoms with van der Waals surface area (Å²) in [6, 6.07) is 3.87. The van der Waals surface area contributed by atoms with Crippen LogP contribution in [-0.4, -0.2) is 19.6 Å². The third kappa shape index (κ3) is 3.67. The molecule has 19 heavy (non-hydrogen) atoms. The first-order valence-electron chi connectivity index (χ1n) is 6.16. The van der Waals surface area contributed by atoms with Crippen molar-refractivity contribution in [2.24, 2.45) is 11.1 Å². The molecule has 4 nitrogen and oxygen atoms in total. The Morgan fingerprint density at radius 3 is 2.68 bits per heavy atom. The van der Waals surface area contributed by atoms with Crippen LogP contribution in [0.25, 0.3) is 0 Å². The van der Waals surface area contributed by atoms with Gasteiger partial charge >= 0.3 is 0 Å². The number of amides is 1. The zero-order chi connectivity index (χ0) is 14.6. The Kier molecular flexibility index (Phi) is 4.89. The molecule has 0 aliphatic carbocycles. The summed E-state index contributed by atoms with van der Waals surface area (Å²) in [7, 11) is 1.51. The molecule has 5 heteroatoms. The van der Waals surface area contributed by atoms with Crippen LogP contribution in [0.5, 0.6) is 5.75 Å². The van der Waals surface area contributed by atoms with Gasteiger partial charge in [-0.25, -0.2) is 4.39 Å². The number of methoxy groups -OCH3 is 1. The zero-order valence-electron chi connectivity index (χ0n) is 11.8. The second-order valence-corrected chi connectivity index (χ2v) is 5.17. The molecule has 0 spiro atoms. The Hall–Kier alpha value is -1.62. The van der Waals surface area contributed by atoms with Gasteiger partial charge in [-0.05, 0) is 39.0 Å². The summed E-state index contributed by atoms with van der Waals surface area (Å²) in [4.78, 5) is 12.0. The summed E-state index contributed by atoms with van der Waals surface area (Å²) in [6.07, 6.45) is 0. The molecule has 0 heterocycles. The van der Waals surface area contributed by atoms with Crippen molar-refractivity contribution < 1.29 is 13.9 Å². The Labute approximate surface area is 113 Å². The molecule has 1 rings (SSSR count). The molecule has 0 fully saturated rings. The van der Waals surface area contributed by atoms with E-state index in [0.717, 1.165) is 0 Å². The van der Waals surface area contributed by atoms with Gasteiger partial charge in [-0.2, -0.15) is 0 Å². The van der Waals surface area contributed by atoms with Crippen LogP contribution in [0.15, 0.2) is 18.2 Å². The molecule has 1 aromatic carbocycles. The second-order valence-electron chi connectivity index (χ2n) is 5.17. The fourth-order valence-electron chi connectivity index (χ4n) is 1.61. The van der Waals surface area contributed by atoms with Crippen molar-refractivity contribution in [2.45, 2.75) is 26.8 Å². The molecule has 0 saturated heterocycles. The van der Waals surface area contributed by atoms with E-state index in [2.05, 4.69) is 5.32 Å². The van der Waals surface area contributed by atoms with E-state index < -0.39 is 5.41 Å². The van der Waals surface area contributed by atoms with E-state index >= 15 is 0 Å². The summed E-state index contributed by atoms with van der Waals surface area (Å²) in [6.45, 7) is 5.54. The standard InChI is InChI=1S/C14H21FN2O2/c1-9(17-13(18)14(2,3)8-16)11-7-10(15)5-6-12(11)19-4/h5-7,9H,8,16H2,1-4H3,(H,17,18). The number of carbonyl (C=O) groups is 1. The van der Waals surface area contributed by atoms with Crippen LogP contribution in [0.4, 0.5) is 4.39 Å². The molecule has 0 saturated carbocycles. The smallest absolute Gasteiger partial charge is 0.227 e. The van der Waals surface area contributed by atoms with Gasteiger partial charge in [-0.3, -0.25) is 4.79 Å². The normalized spacial score (nSPS) is 12.9. The third-order valence-corrected chi connectivity index (χ3v) is 3.13. The minimum absolute atomic E-state index is 0.172. The fourth-order valence-corrected chi connectivity index (χ4v) is 1.61. The maximum absolute atomic E-state index is 13.3. The van der Waals surface area contributed by atoms with Gasteiger partial charge in [-0.1, -0.05) is 0 Å². The van der Waals surface area contributed by atoms with Gasteiger partial charge in [0, 0.05) is 12.1 Å². The molecule has 0 aliphatic rings. The maximum atomic E-state index is 13.3. The molecule has 0 bridgehead atoms. The highest BCUT2D eigenvalue weighted by Crippen LogP contribution is 2.26. The average molecular weight is 268 g/mol. The van der Waals surface area contributed by atoms with Gasteiger partial charge < -0.3 is 15.8 Å². The molecule has 106 valence electrons. The van der Waals surface area contributed by atoms with E-state index in [1.54, 1.807) is 26.8 Å². The molecule has 1 amide bonds. The van der Waals surface area contributed by atoms with Gasteiger partial charge in [0.05, 0.1) is 18.6 Å². The van der Waals surface area contributed by atoms with Gasteiger partial charge in [0.15, 0.2) is 0 Å². The van der Waals surface area contributed by atoms with Crippen LogP contribution in [-0.2, 0) is 4.79 Å². The largest absolute Gasteiger partial charge is 0.496 e. The number of hydrogen-bond acceptors (Lipinski definition) is 3. The number of rotatable bonds is 5. The lowest BCUT2D eigenvalue weighted by Crippen LogP contribution is -2.42. The first-order chi connectivity index (χ1) is 8.81. The van der Waals surface area contributed by atoms with Crippen molar-refractivity contribution in [3.63, 3.8) is 0 Å². The number of nitrogens with one attached hydrogen (secondary N) is 1. The van der Waals surface area contributed by atoms with Gasteiger partial charge in [-0.15, -0.1) is 0 Å². The predicted molar refractivity (Wildman–Crippen MR) is 72.3 cm³/mol. The Morgan fingerprint density at radius 1 is 1.53 bits per heavy atom. The Bertz CT molecular complexity index is 461. The lowest BCUT2D eigenvalue weighted by Gasteiger charge is -2.25. The fraction of sp³-hybridized carbons (Fsp3) is 0.500. The average Bonchev–Trinajstić information content (AvgIpc) is 2.38. The second kappa shape index (κ2) is 6.02. The number of halogens is 1. The van der Waals surface area contributed by atoms with Crippen molar-refractivity contribution in [2.75, 3.05) is 13.7 Å². The molecule has 1 atom stereocenters. The van der Waals surface area contributed by atoms with Crippen LogP contribution in [0, 0.1) is 11.2 Å². The van der Waals surface area contributed by atoms with E-state index in [1.165, 1.54) is 19.2 Å². The minimum Gasteiger partial charge on any atom is -0.496 e. The number of carbonyl (C=O) groups excluding carboxylic acids is 1. The van der Waals surface area contributed by atoms with Crippen molar-refractivity contribution in [1.29, 1.82) is 0 Å². The van der Waals surface area contributed by atoms with E-state index in [9.17, 15) is 9.18 Å². The Morgan fingerprint density at radius 2 is 2.16 bits per heavy atom. The summed E-state index contributed by atoms with van der Waals surface area (Å²) in [5, 5.41) is 2.82. The molecule has 0 aliphatic heterocycles. The van der Waals surface area contributed by atoms with E-state index in [1.807, 2.05) is 0 Å². The van der Waals surface area contributed by atoms with Crippen LogP contribution in [0.2, 0.25) is 0 Å². The van der Waals surface area contributed by atoms with Crippen molar-refractivity contribution >= 4 is 5.91 Å².